The molecule has 1 amide bonds. The van der Waals surface area contributed by atoms with Crippen molar-refractivity contribution in [3.05, 3.63) is 22.4 Å². The van der Waals surface area contributed by atoms with Crippen LogP contribution in [0.3, 0.4) is 0 Å². The lowest BCUT2D eigenvalue weighted by atomic mass is 10.0. The first-order valence-electron chi connectivity index (χ1n) is 5.68. The van der Waals surface area contributed by atoms with Crippen LogP contribution in [0.4, 0.5) is 0 Å². The lowest BCUT2D eigenvalue weighted by Crippen LogP contribution is -2.43. The third kappa shape index (κ3) is 2.44. The van der Waals surface area contributed by atoms with Gasteiger partial charge < -0.3 is 10.2 Å². The minimum atomic E-state index is 0.0173. The van der Waals surface area contributed by atoms with E-state index in [0.717, 1.165) is 13.0 Å². The number of nitrogens with zero attached hydrogens (tertiary/aromatic N) is 1. The molecule has 16 heavy (non-hydrogen) atoms. The van der Waals surface area contributed by atoms with Crippen molar-refractivity contribution >= 4 is 17.2 Å². The van der Waals surface area contributed by atoms with E-state index in [1.54, 1.807) is 11.3 Å². The molecule has 2 atom stereocenters. The van der Waals surface area contributed by atoms with Gasteiger partial charge in [0.2, 0.25) is 5.91 Å². The predicted molar refractivity (Wildman–Crippen MR) is 66.4 cm³/mol. The summed E-state index contributed by atoms with van der Waals surface area (Å²) in [4.78, 5) is 14.0. The highest BCUT2D eigenvalue weighted by Crippen LogP contribution is 2.17. The summed E-state index contributed by atoms with van der Waals surface area (Å²) in [6, 6.07) is 2.09. The van der Waals surface area contributed by atoms with Crippen molar-refractivity contribution in [2.24, 2.45) is 5.92 Å². The third-order valence-electron chi connectivity index (χ3n) is 3.18. The van der Waals surface area contributed by atoms with Crippen LogP contribution in [0.15, 0.2) is 16.8 Å². The molecule has 2 heterocycles. The van der Waals surface area contributed by atoms with E-state index in [2.05, 4.69) is 23.7 Å². The molecule has 1 fully saturated rings. The number of hydrogen-bond donors (Lipinski definition) is 1. The number of nitrogens with one attached hydrogen (secondary N) is 1. The second kappa shape index (κ2) is 4.97. The summed E-state index contributed by atoms with van der Waals surface area (Å²) in [6.07, 6.45) is 1.10. The molecule has 2 unspecified atom stereocenters. The van der Waals surface area contributed by atoms with Gasteiger partial charge in [-0.25, -0.2) is 0 Å². The fraction of sp³-hybridized carbons (Fsp3) is 0.583. The molecule has 1 N–H and O–H groups in total. The highest BCUT2D eigenvalue weighted by Gasteiger charge is 2.31. The smallest absolute Gasteiger partial charge is 0.240 e. The van der Waals surface area contributed by atoms with Gasteiger partial charge in [-0.1, -0.05) is 6.92 Å². The average Bonchev–Trinajstić information content (AvgIpc) is 2.88. The number of carbonyl (C=O) groups is 1. The number of likely N-dealkylation sites (N-methyl/N-ethyl adjacent to an activating group) is 1. The molecule has 0 spiro atoms. The first-order valence-corrected chi connectivity index (χ1v) is 6.62. The standard InChI is InChI=1S/C12H18N2OS/c1-9-3-5-13-11(9)12(15)14(2)7-10-4-6-16-8-10/h4,6,8-9,11,13H,3,5,7H2,1-2H3. The van der Waals surface area contributed by atoms with Gasteiger partial charge >= 0.3 is 0 Å². The molecule has 88 valence electrons. The second-order valence-corrected chi connectivity index (χ2v) is 5.30. The largest absolute Gasteiger partial charge is 0.340 e. The minimum Gasteiger partial charge on any atom is -0.340 e. The van der Waals surface area contributed by atoms with Crippen molar-refractivity contribution in [1.82, 2.24) is 10.2 Å². The van der Waals surface area contributed by atoms with E-state index >= 15 is 0 Å². The molecule has 4 heteroatoms. The molecule has 1 aromatic heterocycles. The fourth-order valence-electron chi connectivity index (χ4n) is 2.14. The Morgan fingerprint density at radius 1 is 1.69 bits per heavy atom. The molecule has 1 saturated heterocycles. The van der Waals surface area contributed by atoms with Gasteiger partial charge in [0.05, 0.1) is 6.04 Å². The Morgan fingerprint density at radius 2 is 2.50 bits per heavy atom. The van der Waals surface area contributed by atoms with Crippen LogP contribution in [-0.2, 0) is 11.3 Å². The molecule has 1 aliphatic rings. The van der Waals surface area contributed by atoms with Crippen molar-refractivity contribution < 1.29 is 4.79 Å². The Labute approximate surface area is 100 Å². The molecular weight excluding hydrogens is 220 g/mol. The van der Waals surface area contributed by atoms with Gasteiger partial charge in [-0.15, -0.1) is 0 Å². The molecule has 2 rings (SSSR count). The summed E-state index contributed by atoms with van der Waals surface area (Å²) < 4.78 is 0. The first-order chi connectivity index (χ1) is 7.68. The van der Waals surface area contributed by atoms with Gasteiger partial charge in [0.25, 0.3) is 0 Å². The van der Waals surface area contributed by atoms with Crippen molar-refractivity contribution in [1.29, 1.82) is 0 Å². The number of thiophene rings is 1. The Kier molecular flexibility index (Phi) is 3.61. The van der Waals surface area contributed by atoms with Crippen LogP contribution in [0.2, 0.25) is 0 Å². The van der Waals surface area contributed by atoms with Crippen LogP contribution in [0.5, 0.6) is 0 Å². The van der Waals surface area contributed by atoms with Crippen LogP contribution < -0.4 is 5.32 Å². The van der Waals surface area contributed by atoms with Crippen molar-refractivity contribution in [2.45, 2.75) is 25.9 Å². The molecule has 0 bridgehead atoms. The monoisotopic (exact) mass is 238 g/mol. The quantitative estimate of drug-likeness (QED) is 0.869. The van der Waals surface area contributed by atoms with Crippen LogP contribution in [0.25, 0.3) is 0 Å². The molecule has 0 aromatic carbocycles. The lowest BCUT2D eigenvalue weighted by molar-refractivity contribution is -0.133. The van der Waals surface area contributed by atoms with Gasteiger partial charge in [-0.2, -0.15) is 11.3 Å². The Hall–Kier alpha value is -0.870. The molecule has 3 nitrogen and oxygen atoms in total. The molecular formula is C12H18N2OS. The molecule has 0 aliphatic carbocycles. The summed E-state index contributed by atoms with van der Waals surface area (Å²) in [5, 5.41) is 7.42. The van der Waals surface area contributed by atoms with Crippen molar-refractivity contribution in [3.63, 3.8) is 0 Å². The van der Waals surface area contributed by atoms with Gasteiger partial charge in [0.1, 0.15) is 0 Å². The first kappa shape index (κ1) is 11.6. The lowest BCUT2D eigenvalue weighted by Gasteiger charge is -2.23. The Morgan fingerprint density at radius 3 is 3.06 bits per heavy atom. The summed E-state index contributed by atoms with van der Waals surface area (Å²) in [7, 11) is 1.88. The maximum atomic E-state index is 12.1. The Bertz CT molecular complexity index is 350. The molecule has 0 saturated carbocycles. The van der Waals surface area contributed by atoms with Crippen LogP contribution >= 0.6 is 11.3 Å². The highest BCUT2D eigenvalue weighted by atomic mass is 32.1. The summed E-state index contributed by atoms with van der Waals surface area (Å²) in [5.41, 5.74) is 1.21. The van der Waals surface area contributed by atoms with E-state index in [9.17, 15) is 4.79 Å². The molecule has 1 aliphatic heterocycles. The topological polar surface area (TPSA) is 32.3 Å². The average molecular weight is 238 g/mol. The Balaban J connectivity index is 1.94. The SMILES string of the molecule is CC1CCNC1C(=O)N(C)Cc1ccsc1. The zero-order valence-electron chi connectivity index (χ0n) is 9.77. The van der Waals surface area contributed by atoms with Crippen LogP contribution in [-0.4, -0.2) is 30.4 Å². The normalized spacial score (nSPS) is 24.6. The highest BCUT2D eigenvalue weighted by molar-refractivity contribution is 7.07. The van der Waals surface area contributed by atoms with Gasteiger partial charge in [0, 0.05) is 13.6 Å². The third-order valence-corrected chi connectivity index (χ3v) is 3.91. The van der Waals surface area contributed by atoms with E-state index in [-0.39, 0.29) is 11.9 Å². The van der Waals surface area contributed by atoms with Gasteiger partial charge in [-0.05, 0) is 41.3 Å². The number of hydrogen-bond acceptors (Lipinski definition) is 3. The number of rotatable bonds is 3. The number of amides is 1. The minimum absolute atomic E-state index is 0.0173. The summed E-state index contributed by atoms with van der Waals surface area (Å²) in [6.45, 7) is 3.82. The van der Waals surface area contributed by atoms with E-state index in [0.29, 0.717) is 12.5 Å². The zero-order valence-corrected chi connectivity index (χ0v) is 10.6. The molecule has 1 aromatic rings. The van der Waals surface area contributed by atoms with E-state index in [1.807, 2.05) is 17.3 Å². The fourth-order valence-corrected chi connectivity index (χ4v) is 2.80. The van der Waals surface area contributed by atoms with E-state index < -0.39 is 0 Å². The number of carbonyl (C=O) groups excluding carboxylic acids is 1. The molecule has 0 radical (unpaired) electrons. The maximum absolute atomic E-state index is 12.1. The van der Waals surface area contributed by atoms with Crippen molar-refractivity contribution in [3.8, 4) is 0 Å². The summed E-state index contributed by atoms with van der Waals surface area (Å²) in [5.74, 6) is 0.675. The second-order valence-electron chi connectivity index (χ2n) is 4.52. The summed E-state index contributed by atoms with van der Waals surface area (Å²) >= 11 is 1.67. The van der Waals surface area contributed by atoms with Gasteiger partial charge in [-0.3, -0.25) is 4.79 Å². The van der Waals surface area contributed by atoms with Crippen LogP contribution in [0, 0.1) is 5.92 Å². The predicted octanol–water partition coefficient (Wildman–Crippen LogP) is 1.70. The van der Waals surface area contributed by atoms with Gasteiger partial charge in [0.15, 0.2) is 0 Å². The van der Waals surface area contributed by atoms with Crippen LogP contribution in [0.1, 0.15) is 18.9 Å². The zero-order chi connectivity index (χ0) is 11.5. The van der Waals surface area contributed by atoms with Crippen molar-refractivity contribution in [2.75, 3.05) is 13.6 Å². The van der Waals surface area contributed by atoms with E-state index in [4.69, 9.17) is 0 Å². The maximum Gasteiger partial charge on any atom is 0.240 e. The van der Waals surface area contributed by atoms with E-state index in [1.165, 1.54) is 5.56 Å².